The molecule has 0 aromatic carbocycles. The number of amides is 2. The average Bonchev–Trinajstić information content (AvgIpc) is 3.01. The van der Waals surface area contributed by atoms with Gasteiger partial charge in [-0.3, -0.25) is 14.6 Å². The topological polar surface area (TPSA) is 89.3 Å². The SMILES string of the molecule is N#C[C@@H]1CC(F)(F)CN1C(=O)CNC(=O)c1ccncc1N1CCCCC1. The van der Waals surface area contributed by atoms with Gasteiger partial charge in [-0.1, -0.05) is 0 Å². The average molecular weight is 377 g/mol. The largest absolute Gasteiger partial charge is 0.370 e. The molecule has 1 N–H and O–H groups in total. The number of hydrogen-bond donors (Lipinski definition) is 1. The van der Waals surface area contributed by atoms with Crippen LogP contribution in [0, 0.1) is 11.3 Å². The van der Waals surface area contributed by atoms with Gasteiger partial charge in [-0.05, 0) is 25.3 Å². The molecule has 0 spiro atoms. The molecule has 0 radical (unpaired) electrons. The summed E-state index contributed by atoms with van der Waals surface area (Å²) in [5, 5.41) is 11.5. The van der Waals surface area contributed by atoms with Gasteiger partial charge in [-0.2, -0.15) is 5.26 Å². The molecule has 144 valence electrons. The Bertz CT molecular complexity index is 758. The fourth-order valence-corrected chi connectivity index (χ4v) is 3.51. The molecule has 9 heteroatoms. The van der Waals surface area contributed by atoms with E-state index in [4.69, 9.17) is 5.26 Å². The number of halogens is 2. The Morgan fingerprint density at radius 1 is 1.33 bits per heavy atom. The van der Waals surface area contributed by atoms with Crippen LogP contribution in [0.1, 0.15) is 36.0 Å². The van der Waals surface area contributed by atoms with Crippen LogP contribution in [0.25, 0.3) is 0 Å². The van der Waals surface area contributed by atoms with Crippen LogP contribution in [0.4, 0.5) is 14.5 Å². The molecule has 27 heavy (non-hydrogen) atoms. The fraction of sp³-hybridized carbons (Fsp3) is 0.556. The minimum atomic E-state index is -3.08. The summed E-state index contributed by atoms with van der Waals surface area (Å²) in [4.78, 5) is 31.8. The Kier molecular flexibility index (Phi) is 5.54. The number of likely N-dealkylation sites (tertiary alicyclic amines) is 1. The highest BCUT2D eigenvalue weighted by molar-refractivity contribution is 6.01. The highest BCUT2D eigenvalue weighted by Gasteiger charge is 2.47. The Balaban J connectivity index is 1.65. The van der Waals surface area contributed by atoms with Gasteiger partial charge in [0, 0.05) is 25.7 Å². The maximum Gasteiger partial charge on any atom is 0.268 e. The summed E-state index contributed by atoms with van der Waals surface area (Å²) >= 11 is 0. The van der Waals surface area contributed by atoms with Crippen LogP contribution < -0.4 is 10.2 Å². The number of nitrogens with one attached hydrogen (secondary N) is 1. The molecule has 2 aliphatic rings. The highest BCUT2D eigenvalue weighted by atomic mass is 19.3. The number of aromatic nitrogens is 1. The van der Waals surface area contributed by atoms with Gasteiger partial charge in [-0.15, -0.1) is 0 Å². The van der Waals surface area contributed by atoms with Crippen molar-refractivity contribution in [1.82, 2.24) is 15.2 Å². The predicted molar refractivity (Wildman–Crippen MR) is 93.3 cm³/mol. The number of piperidine rings is 1. The van der Waals surface area contributed by atoms with E-state index < -0.39 is 43.3 Å². The van der Waals surface area contributed by atoms with Gasteiger partial charge in [-0.25, -0.2) is 8.78 Å². The number of alkyl halides is 2. The van der Waals surface area contributed by atoms with E-state index in [2.05, 4.69) is 15.2 Å². The molecule has 0 aliphatic carbocycles. The van der Waals surface area contributed by atoms with E-state index in [-0.39, 0.29) is 0 Å². The van der Waals surface area contributed by atoms with Gasteiger partial charge in [0.05, 0.1) is 36.6 Å². The second-order valence-electron chi connectivity index (χ2n) is 6.85. The van der Waals surface area contributed by atoms with Crippen molar-refractivity contribution in [2.24, 2.45) is 0 Å². The molecule has 1 aromatic rings. The molecule has 2 fully saturated rings. The second kappa shape index (κ2) is 7.86. The van der Waals surface area contributed by atoms with E-state index in [9.17, 15) is 18.4 Å². The first kappa shape index (κ1) is 19.0. The van der Waals surface area contributed by atoms with Crippen LogP contribution in [0.15, 0.2) is 18.5 Å². The maximum absolute atomic E-state index is 13.5. The van der Waals surface area contributed by atoms with Crippen LogP contribution in [0.5, 0.6) is 0 Å². The van der Waals surface area contributed by atoms with Crippen molar-refractivity contribution < 1.29 is 18.4 Å². The molecule has 2 aliphatic heterocycles. The monoisotopic (exact) mass is 377 g/mol. The smallest absolute Gasteiger partial charge is 0.268 e. The molecule has 7 nitrogen and oxygen atoms in total. The lowest BCUT2D eigenvalue weighted by atomic mass is 10.1. The van der Waals surface area contributed by atoms with Crippen molar-refractivity contribution in [2.75, 3.05) is 31.1 Å². The fourth-order valence-electron chi connectivity index (χ4n) is 3.51. The number of rotatable bonds is 4. The van der Waals surface area contributed by atoms with Gasteiger partial charge in [0.25, 0.3) is 11.8 Å². The molecule has 0 unspecified atom stereocenters. The molecule has 0 saturated carbocycles. The Morgan fingerprint density at radius 2 is 2.07 bits per heavy atom. The maximum atomic E-state index is 13.5. The number of nitriles is 1. The first-order valence-electron chi connectivity index (χ1n) is 8.95. The zero-order valence-electron chi connectivity index (χ0n) is 14.8. The Hall–Kier alpha value is -2.76. The van der Waals surface area contributed by atoms with E-state index in [1.54, 1.807) is 18.3 Å². The third-order valence-electron chi connectivity index (χ3n) is 4.88. The lowest BCUT2D eigenvalue weighted by Crippen LogP contribution is -2.43. The summed E-state index contributed by atoms with van der Waals surface area (Å²) in [6, 6.07) is 2.12. The Morgan fingerprint density at radius 3 is 2.78 bits per heavy atom. The van der Waals surface area contributed by atoms with E-state index in [0.717, 1.165) is 37.3 Å². The van der Waals surface area contributed by atoms with Crippen molar-refractivity contribution in [3.8, 4) is 6.07 Å². The quantitative estimate of drug-likeness (QED) is 0.860. The first-order valence-corrected chi connectivity index (χ1v) is 8.95. The summed E-state index contributed by atoms with van der Waals surface area (Å²) in [5.74, 6) is -4.24. The zero-order valence-corrected chi connectivity index (χ0v) is 14.8. The minimum Gasteiger partial charge on any atom is -0.370 e. The van der Waals surface area contributed by atoms with E-state index in [1.165, 1.54) is 6.20 Å². The van der Waals surface area contributed by atoms with Crippen LogP contribution in [-0.2, 0) is 4.79 Å². The minimum absolute atomic E-state index is 0.392. The second-order valence-corrected chi connectivity index (χ2v) is 6.85. The van der Waals surface area contributed by atoms with Gasteiger partial charge in [0.15, 0.2) is 0 Å². The van der Waals surface area contributed by atoms with E-state index in [1.807, 2.05) is 0 Å². The van der Waals surface area contributed by atoms with E-state index >= 15 is 0 Å². The molecule has 0 bridgehead atoms. The zero-order chi connectivity index (χ0) is 19.4. The number of carbonyl (C=O) groups is 2. The third-order valence-corrected chi connectivity index (χ3v) is 4.88. The lowest BCUT2D eigenvalue weighted by molar-refractivity contribution is -0.131. The molecule has 3 rings (SSSR count). The van der Waals surface area contributed by atoms with Crippen LogP contribution in [-0.4, -0.2) is 59.8 Å². The summed E-state index contributed by atoms with van der Waals surface area (Å²) < 4.78 is 26.9. The summed E-state index contributed by atoms with van der Waals surface area (Å²) in [5.41, 5.74) is 1.09. The number of anilines is 1. The van der Waals surface area contributed by atoms with Crippen molar-refractivity contribution in [3.05, 3.63) is 24.0 Å². The van der Waals surface area contributed by atoms with Gasteiger partial charge < -0.3 is 15.1 Å². The predicted octanol–water partition coefficient (Wildman–Crippen LogP) is 1.56. The summed E-state index contributed by atoms with van der Waals surface area (Å²) in [6.07, 6.45) is 5.66. The normalized spacial score (nSPS) is 21.6. The van der Waals surface area contributed by atoms with Gasteiger partial charge >= 0.3 is 0 Å². The van der Waals surface area contributed by atoms with Crippen molar-refractivity contribution in [1.29, 1.82) is 5.26 Å². The molecule has 3 heterocycles. The van der Waals surface area contributed by atoms with Crippen LogP contribution in [0.3, 0.4) is 0 Å². The molecular formula is C18H21F2N5O2. The molecule has 1 aromatic heterocycles. The van der Waals surface area contributed by atoms with Gasteiger partial charge in [0.2, 0.25) is 5.91 Å². The van der Waals surface area contributed by atoms with Gasteiger partial charge in [0.1, 0.15) is 6.04 Å². The number of nitrogens with zero attached hydrogens (tertiary/aromatic N) is 4. The number of carbonyl (C=O) groups excluding carboxylic acids is 2. The van der Waals surface area contributed by atoms with Crippen molar-refractivity contribution in [2.45, 2.75) is 37.6 Å². The standard InChI is InChI=1S/C18H21F2N5O2/c19-18(20)8-13(9-21)25(12-18)16(26)11-23-17(27)14-4-5-22-10-15(14)24-6-2-1-3-7-24/h4-5,10,13H,1-3,6-8,11-12H2,(H,23,27)/t13-/m0/s1. The lowest BCUT2D eigenvalue weighted by Gasteiger charge is -2.29. The van der Waals surface area contributed by atoms with Crippen LogP contribution >= 0.6 is 0 Å². The molecule has 2 amide bonds. The Labute approximate surface area is 155 Å². The third kappa shape index (κ3) is 4.32. The van der Waals surface area contributed by atoms with Crippen molar-refractivity contribution in [3.63, 3.8) is 0 Å². The number of pyridine rings is 1. The summed E-state index contributed by atoms with van der Waals surface area (Å²) in [7, 11) is 0. The van der Waals surface area contributed by atoms with Crippen LogP contribution in [0.2, 0.25) is 0 Å². The molecular weight excluding hydrogens is 356 g/mol. The first-order chi connectivity index (χ1) is 12.9. The van der Waals surface area contributed by atoms with Crippen molar-refractivity contribution >= 4 is 17.5 Å². The highest BCUT2D eigenvalue weighted by Crippen LogP contribution is 2.31. The molecule has 1 atom stereocenters. The number of hydrogen-bond acceptors (Lipinski definition) is 5. The van der Waals surface area contributed by atoms with E-state index in [0.29, 0.717) is 11.3 Å². The molecule has 2 saturated heterocycles. The summed E-state index contributed by atoms with van der Waals surface area (Å²) in [6.45, 7) is 0.429.